The number of hydrogen-bond acceptors (Lipinski definition) is 2. The maximum Gasteiger partial charge on any atom is 0.0111 e. The molecule has 2 atom stereocenters. The van der Waals surface area contributed by atoms with Crippen LogP contribution in [0.15, 0.2) is 11.6 Å². The molecule has 2 nitrogen and oxygen atoms in total. The molecule has 66 valence electrons. The van der Waals surface area contributed by atoms with Gasteiger partial charge in [0.25, 0.3) is 0 Å². The summed E-state index contributed by atoms with van der Waals surface area (Å²) in [5.41, 5.74) is 12.6. The number of hydrogen-bond donors (Lipinski definition) is 2. The molecule has 0 aromatic rings. The lowest BCUT2D eigenvalue weighted by atomic mass is 9.98. The summed E-state index contributed by atoms with van der Waals surface area (Å²) in [7, 11) is 0. The molecule has 0 amide bonds. The number of rotatable bonds is 4. The SMILES string of the molecule is CC(C)=CC(C)C(N)CCN. The van der Waals surface area contributed by atoms with Crippen LogP contribution >= 0.6 is 0 Å². The van der Waals surface area contributed by atoms with Crippen LogP contribution in [0.2, 0.25) is 0 Å². The largest absolute Gasteiger partial charge is 0.330 e. The third-order valence-electron chi connectivity index (χ3n) is 1.77. The van der Waals surface area contributed by atoms with Crippen LogP contribution in [0.3, 0.4) is 0 Å². The lowest BCUT2D eigenvalue weighted by molar-refractivity contribution is 0.508. The smallest absolute Gasteiger partial charge is 0.0111 e. The predicted octanol–water partition coefficient (Wildman–Crippen LogP) is 1.26. The van der Waals surface area contributed by atoms with Gasteiger partial charge in [-0.15, -0.1) is 0 Å². The van der Waals surface area contributed by atoms with Crippen molar-refractivity contribution < 1.29 is 0 Å². The highest BCUT2D eigenvalue weighted by Crippen LogP contribution is 2.07. The molecule has 2 unspecified atom stereocenters. The van der Waals surface area contributed by atoms with Crippen LogP contribution in [0, 0.1) is 5.92 Å². The monoisotopic (exact) mass is 156 g/mol. The van der Waals surface area contributed by atoms with Crippen LogP contribution in [-0.4, -0.2) is 12.6 Å². The first-order valence-electron chi connectivity index (χ1n) is 4.18. The molecule has 0 aliphatic carbocycles. The van der Waals surface area contributed by atoms with Gasteiger partial charge in [-0.1, -0.05) is 18.6 Å². The van der Waals surface area contributed by atoms with Crippen LogP contribution in [0.25, 0.3) is 0 Å². The molecule has 4 N–H and O–H groups in total. The van der Waals surface area contributed by atoms with Crippen LogP contribution in [0.1, 0.15) is 27.2 Å². The zero-order valence-corrected chi connectivity index (χ0v) is 7.80. The molecule has 0 saturated carbocycles. The van der Waals surface area contributed by atoms with E-state index in [0.29, 0.717) is 12.5 Å². The lowest BCUT2D eigenvalue weighted by Crippen LogP contribution is -2.29. The van der Waals surface area contributed by atoms with Gasteiger partial charge in [0.15, 0.2) is 0 Å². The molecule has 0 aliphatic heterocycles. The molecule has 0 aromatic heterocycles. The standard InChI is InChI=1S/C9H20N2/c1-7(2)6-8(3)9(11)4-5-10/h6,8-9H,4-5,10-11H2,1-3H3. The minimum atomic E-state index is 0.217. The van der Waals surface area contributed by atoms with Crippen molar-refractivity contribution in [2.75, 3.05) is 6.54 Å². The van der Waals surface area contributed by atoms with E-state index in [0.717, 1.165) is 6.42 Å². The Hall–Kier alpha value is -0.340. The van der Waals surface area contributed by atoms with Crippen molar-refractivity contribution in [1.29, 1.82) is 0 Å². The topological polar surface area (TPSA) is 52.0 Å². The van der Waals surface area contributed by atoms with Crippen molar-refractivity contribution in [2.45, 2.75) is 33.2 Å². The highest BCUT2D eigenvalue weighted by molar-refractivity contribution is 4.98. The third kappa shape index (κ3) is 4.99. The summed E-state index contributed by atoms with van der Waals surface area (Å²) >= 11 is 0. The first-order chi connectivity index (χ1) is 5.07. The van der Waals surface area contributed by atoms with Crippen LogP contribution in [-0.2, 0) is 0 Å². The zero-order chi connectivity index (χ0) is 8.85. The Morgan fingerprint density at radius 1 is 1.45 bits per heavy atom. The Kier molecular flexibility index (Phi) is 5.16. The molecule has 0 saturated heterocycles. The van der Waals surface area contributed by atoms with Crippen molar-refractivity contribution in [3.63, 3.8) is 0 Å². The quantitative estimate of drug-likeness (QED) is 0.602. The fraction of sp³-hybridized carbons (Fsp3) is 0.778. The van der Waals surface area contributed by atoms with Crippen molar-refractivity contribution in [3.8, 4) is 0 Å². The summed E-state index contributed by atoms with van der Waals surface area (Å²) < 4.78 is 0. The fourth-order valence-electron chi connectivity index (χ4n) is 1.10. The zero-order valence-electron chi connectivity index (χ0n) is 7.80. The molecule has 2 heteroatoms. The molecule has 11 heavy (non-hydrogen) atoms. The molecule has 0 radical (unpaired) electrons. The molecule has 0 bridgehead atoms. The maximum absolute atomic E-state index is 5.85. The van der Waals surface area contributed by atoms with Gasteiger partial charge in [0, 0.05) is 6.04 Å². The summed E-state index contributed by atoms with van der Waals surface area (Å²) in [6, 6.07) is 0.217. The van der Waals surface area contributed by atoms with Crippen molar-refractivity contribution >= 4 is 0 Å². The summed E-state index contributed by atoms with van der Waals surface area (Å²) in [5, 5.41) is 0. The highest BCUT2D eigenvalue weighted by atomic mass is 14.7. The van der Waals surface area contributed by atoms with Gasteiger partial charge in [-0.3, -0.25) is 0 Å². The van der Waals surface area contributed by atoms with Crippen molar-refractivity contribution in [3.05, 3.63) is 11.6 Å². The Morgan fingerprint density at radius 2 is 2.00 bits per heavy atom. The van der Waals surface area contributed by atoms with E-state index < -0.39 is 0 Å². The normalized spacial score (nSPS) is 15.7. The van der Waals surface area contributed by atoms with Gasteiger partial charge in [-0.2, -0.15) is 0 Å². The molecule has 0 rings (SSSR count). The highest BCUT2D eigenvalue weighted by Gasteiger charge is 2.07. The average Bonchev–Trinajstić information content (AvgIpc) is 1.86. The fourth-order valence-corrected chi connectivity index (χ4v) is 1.10. The summed E-state index contributed by atoms with van der Waals surface area (Å²) in [6.45, 7) is 6.99. The second kappa shape index (κ2) is 5.33. The van der Waals surface area contributed by atoms with Crippen molar-refractivity contribution in [2.24, 2.45) is 17.4 Å². The minimum absolute atomic E-state index is 0.217. The second-order valence-electron chi connectivity index (χ2n) is 3.34. The van der Waals surface area contributed by atoms with Gasteiger partial charge < -0.3 is 11.5 Å². The molecule has 0 fully saturated rings. The van der Waals surface area contributed by atoms with E-state index >= 15 is 0 Å². The van der Waals surface area contributed by atoms with Crippen LogP contribution in [0.4, 0.5) is 0 Å². The Labute approximate surface area is 69.6 Å². The second-order valence-corrected chi connectivity index (χ2v) is 3.34. The van der Waals surface area contributed by atoms with Crippen LogP contribution < -0.4 is 11.5 Å². The summed E-state index contributed by atoms with van der Waals surface area (Å²) in [5.74, 6) is 0.448. The Bertz CT molecular complexity index is 126. The lowest BCUT2D eigenvalue weighted by Gasteiger charge is -2.15. The van der Waals surface area contributed by atoms with Gasteiger partial charge in [0.05, 0.1) is 0 Å². The Morgan fingerprint density at radius 3 is 2.36 bits per heavy atom. The van der Waals surface area contributed by atoms with E-state index in [9.17, 15) is 0 Å². The summed E-state index contributed by atoms with van der Waals surface area (Å²) in [6.07, 6.45) is 3.10. The van der Waals surface area contributed by atoms with Gasteiger partial charge in [0.2, 0.25) is 0 Å². The molecule has 0 heterocycles. The Balaban J connectivity index is 3.82. The predicted molar refractivity (Wildman–Crippen MR) is 50.2 cm³/mol. The molecular formula is C9H20N2. The average molecular weight is 156 g/mol. The summed E-state index contributed by atoms with van der Waals surface area (Å²) in [4.78, 5) is 0. The minimum Gasteiger partial charge on any atom is -0.330 e. The first kappa shape index (κ1) is 10.7. The van der Waals surface area contributed by atoms with E-state index in [1.807, 2.05) is 0 Å². The van der Waals surface area contributed by atoms with E-state index in [4.69, 9.17) is 11.5 Å². The molecule has 0 aliphatic rings. The molecule has 0 spiro atoms. The maximum atomic E-state index is 5.85. The van der Waals surface area contributed by atoms with Gasteiger partial charge in [0.1, 0.15) is 0 Å². The van der Waals surface area contributed by atoms with Gasteiger partial charge in [-0.05, 0) is 32.7 Å². The molecular weight excluding hydrogens is 136 g/mol. The van der Waals surface area contributed by atoms with Gasteiger partial charge >= 0.3 is 0 Å². The van der Waals surface area contributed by atoms with Gasteiger partial charge in [-0.25, -0.2) is 0 Å². The van der Waals surface area contributed by atoms with Crippen molar-refractivity contribution in [1.82, 2.24) is 0 Å². The number of nitrogens with two attached hydrogens (primary N) is 2. The van der Waals surface area contributed by atoms with E-state index in [-0.39, 0.29) is 6.04 Å². The van der Waals surface area contributed by atoms with Crippen LogP contribution in [0.5, 0.6) is 0 Å². The van der Waals surface area contributed by atoms with E-state index in [1.165, 1.54) is 5.57 Å². The number of allylic oxidation sites excluding steroid dienone is 1. The molecule has 0 aromatic carbocycles. The van der Waals surface area contributed by atoms with E-state index in [1.54, 1.807) is 0 Å². The third-order valence-corrected chi connectivity index (χ3v) is 1.77. The van der Waals surface area contributed by atoms with E-state index in [2.05, 4.69) is 26.8 Å². The first-order valence-corrected chi connectivity index (χ1v) is 4.18.